The van der Waals surface area contributed by atoms with E-state index in [4.69, 9.17) is 9.47 Å². The first-order chi connectivity index (χ1) is 9.19. The number of methoxy groups -OCH3 is 1. The molecule has 1 aromatic rings. The van der Waals surface area contributed by atoms with Crippen molar-refractivity contribution in [3.63, 3.8) is 0 Å². The lowest BCUT2D eigenvalue weighted by molar-refractivity contribution is -0.135. The SMILES string of the molecule is COc1ccc(OCC(=O)N2CCC[C@H](C)C2)cc1. The minimum Gasteiger partial charge on any atom is -0.497 e. The van der Waals surface area contributed by atoms with E-state index in [1.807, 2.05) is 29.2 Å². The molecule has 1 fully saturated rings. The summed E-state index contributed by atoms with van der Waals surface area (Å²) >= 11 is 0. The van der Waals surface area contributed by atoms with E-state index in [1.54, 1.807) is 7.11 Å². The largest absolute Gasteiger partial charge is 0.497 e. The van der Waals surface area contributed by atoms with E-state index in [0.29, 0.717) is 11.7 Å². The lowest BCUT2D eigenvalue weighted by Crippen LogP contribution is -2.41. The average Bonchev–Trinajstić information content (AvgIpc) is 2.45. The third-order valence-corrected chi connectivity index (χ3v) is 3.43. The third kappa shape index (κ3) is 3.88. The Hall–Kier alpha value is -1.71. The molecule has 0 saturated carbocycles. The minimum atomic E-state index is 0.0716. The van der Waals surface area contributed by atoms with Gasteiger partial charge in [-0.05, 0) is 43.0 Å². The van der Waals surface area contributed by atoms with Crippen molar-refractivity contribution in [1.82, 2.24) is 4.90 Å². The van der Waals surface area contributed by atoms with Gasteiger partial charge >= 0.3 is 0 Å². The van der Waals surface area contributed by atoms with Gasteiger partial charge in [-0.2, -0.15) is 0 Å². The van der Waals surface area contributed by atoms with Crippen molar-refractivity contribution in [2.45, 2.75) is 19.8 Å². The molecule has 1 saturated heterocycles. The van der Waals surface area contributed by atoms with Gasteiger partial charge in [0.15, 0.2) is 6.61 Å². The molecule has 1 aromatic carbocycles. The highest BCUT2D eigenvalue weighted by atomic mass is 16.5. The van der Waals surface area contributed by atoms with Crippen LogP contribution in [0, 0.1) is 5.92 Å². The summed E-state index contributed by atoms with van der Waals surface area (Å²) in [6, 6.07) is 7.27. The number of amides is 1. The summed E-state index contributed by atoms with van der Waals surface area (Å²) in [6.45, 7) is 4.00. The number of rotatable bonds is 4. The molecule has 1 amide bonds. The van der Waals surface area contributed by atoms with Crippen LogP contribution in [0.3, 0.4) is 0 Å². The summed E-state index contributed by atoms with van der Waals surface area (Å²) in [7, 11) is 1.62. The number of hydrogen-bond donors (Lipinski definition) is 0. The van der Waals surface area contributed by atoms with Crippen molar-refractivity contribution in [3.8, 4) is 11.5 Å². The Morgan fingerprint density at radius 2 is 2.00 bits per heavy atom. The maximum Gasteiger partial charge on any atom is 0.260 e. The van der Waals surface area contributed by atoms with Gasteiger partial charge in [0.2, 0.25) is 0 Å². The summed E-state index contributed by atoms with van der Waals surface area (Å²) in [5.74, 6) is 2.14. The lowest BCUT2D eigenvalue weighted by Gasteiger charge is -2.30. The van der Waals surface area contributed by atoms with Crippen molar-refractivity contribution in [2.24, 2.45) is 5.92 Å². The highest BCUT2D eigenvalue weighted by Crippen LogP contribution is 2.18. The summed E-state index contributed by atoms with van der Waals surface area (Å²) in [5.41, 5.74) is 0. The number of piperidine rings is 1. The Kier molecular flexibility index (Phi) is 4.66. The zero-order chi connectivity index (χ0) is 13.7. The highest BCUT2D eigenvalue weighted by molar-refractivity contribution is 5.77. The maximum absolute atomic E-state index is 12.0. The molecule has 1 aliphatic rings. The van der Waals surface area contributed by atoms with Gasteiger partial charge in [-0.25, -0.2) is 0 Å². The molecule has 1 atom stereocenters. The first kappa shape index (κ1) is 13.7. The van der Waals surface area contributed by atoms with Crippen molar-refractivity contribution in [2.75, 3.05) is 26.8 Å². The molecule has 0 bridgehead atoms. The Morgan fingerprint density at radius 1 is 1.32 bits per heavy atom. The fraction of sp³-hybridized carbons (Fsp3) is 0.533. The Morgan fingerprint density at radius 3 is 2.63 bits per heavy atom. The lowest BCUT2D eigenvalue weighted by atomic mass is 10.0. The van der Waals surface area contributed by atoms with Crippen LogP contribution in [0.5, 0.6) is 11.5 Å². The van der Waals surface area contributed by atoms with E-state index in [1.165, 1.54) is 6.42 Å². The zero-order valence-electron chi connectivity index (χ0n) is 11.6. The molecular weight excluding hydrogens is 242 g/mol. The fourth-order valence-electron chi connectivity index (χ4n) is 2.32. The standard InChI is InChI=1S/C15H21NO3/c1-12-4-3-9-16(10-12)15(17)11-19-14-7-5-13(18-2)6-8-14/h5-8,12H,3-4,9-11H2,1-2H3/t12-/m0/s1. The second kappa shape index (κ2) is 6.45. The van der Waals surface area contributed by atoms with Crippen LogP contribution in [0.4, 0.5) is 0 Å². The highest BCUT2D eigenvalue weighted by Gasteiger charge is 2.20. The molecule has 1 heterocycles. The molecule has 0 unspecified atom stereocenters. The van der Waals surface area contributed by atoms with Gasteiger partial charge in [0, 0.05) is 13.1 Å². The number of benzene rings is 1. The second-order valence-corrected chi connectivity index (χ2v) is 5.05. The van der Waals surface area contributed by atoms with Gasteiger partial charge in [-0.15, -0.1) is 0 Å². The van der Waals surface area contributed by atoms with E-state index in [0.717, 1.165) is 25.3 Å². The smallest absolute Gasteiger partial charge is 0.260 e. The molecule has 0 aromatic heterocycles. The van der Waals surface area contributed by atoms with Crippen LogP contribution in [-0.4, -0.2) is 37.6 Å². The van der Waals surface area contributed by atoms with Crippen LogP contribution in [-0.2, 0) is 4.79 Å². The normalized spacial score (nSPS) is 19.1. The molecule has 2 rings (SSSR count). The number of nitrogens with zero attached hydrogens (tertiary/aromatic N) is 1. The molecule has 19 heavy (non-hydrogen) atoms. The van der Waals surface area contributed by atoms with E-state index in [2.05, 4.69) is 6.92 Å². The average molecular weight is 263 g/mol. The predicted molar refractivity (Wildman–Crippen MR) is 73.5 cm³/mol. The Bertz CT molecular complexity index is 416. The summed E-state index contributed by atoms with van der Waals surface area (Å²) in [5, 5.41) is 0. The fourth-order valence-corrected chi connectivity index (χ4v) is 2.32. The van der Waals surface area contributed by atoms with E-state index in [-0.39, 0.29) is 12.5 Å². The van der Waals surface area contributed by atoms with E-state index >= 15 is 0 Å². The molecule has 4 heteroatoms. The van der Waals surface area contributed by atoms with Crippen molar-refractivity contribution < 1.29 is 14.3 Å². The third-order valence-electron chi connectivity index (χ3n) is 3.43. The van der Waals surface area contributed by atoms with E-state index < -0.39 is 0 Å². The summed E-state index contributed by atoms with van der Waals surface area (Å²) in [6.07, 6.45) is 2.30. The number of carbonyl (C=O) groups is 1. The van der Waals surface area contributed by atoms with Crippen molar-refractivity contribution in [3.05, 3.63) is 24.3 Å². The van der Waals surface area contributed by atoms with Gasteiger partial charge < -0.3 is 14.4 Å². The van der Waals surface area contributed by atoms with Crippen LogP contribution in [0.2, 0.25) is 0 Å². The van der Waals surface area contributed by atoms with Crippen LogP contribution >= 0.6 is 0 Å². The molecule has 0 N–H and O–H groups in total. The van der Waals surface area contributed by atoms with Crippen molar-refractivity contribution in [1.29, 1.82) is 0 Å². The number of hydrogen-bond acceptors (Lipinski definition) is 3. The van der Waals surface area contributed by atoms with Crippen LogP contribution in [0.15, 0.2) is 24.3 Å². The molecular formula is C15H21NO3. The van der Waals surface area contributed by atoms with Crippen molar-refractivity contribution >= 4 is 5.91 Å². The number of carbonyl (C=O) groups excluding carboxylic acids is 1. The van der Waals surface area contributed by atoms with Gasteiger partial charge in [-0.1, -0.05) is 6.92 Å². The summed E-state index contributed by atoms with van der Waals surface area (Å²) in [4.78, 5) is 13.9. The molecule has 0 spiro atoms. The van der Waals surface area contributed by atoms with Gasteiger partial charge in [0.25, 0.3) is 5.91 Å². The molecule has 1 aliphatic heterocycles. The number of likely N-dealkylation sites (tertiary alicyclic amines) is 1. The van der Waals surface area contributed by atoms with Crippen LogP contribution in [0.1, 0.15) is 19.8 Å². The molecule has 4 nitrogen and oxygen atoms in total. The molecule has 0 aliphatic carbocycles. The second-order valence-electron chi connectivity index (χ2n) is 5.05. The molecule has 0 radical (unpaired) electrons. The van der Waals surface area contributed by atoms with Gasteiger partial charge in [0.05, 0.1) is 7.11 Å². The van der Waals surface area contributed by atoms with Gasteiger partial charge in [0.1, 0.15) is 11.5 Å². The predicted octanol–water partition coefficient (Wildman–Crippen LogP) is 2.33. The maximum atomic E-state index is 12.0. The Labute approximate surface area is 114 Å². The minimum absolute atomic E-state index is 0.0716. The topological polar surface area (TPSA) is 38.8 Å². The first-order valence-corrected chi connectivity index (χ1v) is 6.73. The molecule has 104 valence electrons. The van der Waals surface area contributed by atoms with Gasteiger partial charge in [-0.3, -0.25) is 4.79 Å². The van der Waals surface area contributed by atoms with Crippen LogP contribution < -0.4 is 9.47 Å². The monoisotopic (exact) mass is 263 g/mol. The summed E-state index contributed by atoms with van der Waals surface area (Å²) < 4.78 is 10.6. The first-order valence-electron chi connectivity index (χ1n) is 6.73. The number of ether oxygens (including phenoxy) is 2. The quantitative estimate of drug-likeness (QED) is 0.837. The van der Waals surface area contributed by atoms with Crippen LogP contribution in [0.25, 0.3) is 0 Å². The van der Waals surface area contributed by atoms with E-state index in [9.17, 15) is 4.79 Å². The Balaban J connectivity index is 1.82. The zero-order valence-corrected chi connectivity index (χ0v) is 11.6.